The van der Waals surface area contributed by atoms with E-state index in [-0.39, 0.29) is 5.82 Å². The summed E-state index contributed by atoms with van der Waals surface area (Å²) in [5.41, 5.74) is 0.847. The Morgan fingerprint density at radius 2 is 1.95 bits per heavy atom. The van der Waals surface area contributed by atoms with Crippen LogP contribution in [-0.2, 0) is 0 Å². The van der Waals surface area contributed by atoms with Crippen molar-refractivity contribution in [3.05, 3.63) is 57.2 Å². The SMILES string of the molecule is Fc1ccc(NCCOc2cccc(Br)c2)c(Br)c1. The number of anilines is 1. The lowest BCUT2D eigenvalue weighted by Gasteiger charge is -2.10. The highest BCUT2D eigenvalue weighted by Crippen LogP contribution is 2.23. The van der Waals surface area contributed by atoms with Crippen LogP contribution in [0.15, 0.2) is 51.4 Å². The zero-order valence-electron chi connectivity index (χ0n) is 10.00. The standard InChI is InChI=1S/C14H12Br2FNO/c15-10-2-1-3-12(8-10)19-7-6-18-14-5-4-11(17)9-13(14)16/h1-5,8-9,18H,6-7H2. The summed E-state index contributed by atoms with van der Waals surface area (Å²) in [4.78, 5) is 0. The predicted octanol–water partition coefficient (Wildman–Crippen LogP) is 4.84. The first-order valence-electron chi connectivity index (χ1n) is 5.72. The molecule has 0 aliphatic rings. The van der Waals surface area contributed by atoms with Crippen LogP contribution in [-0.4, -0.2) is 13.2 Å². The molecule has 0 saturated carbocycles. The first-order valence-corrected chi connectivity index (χ1v) is 7.31. The third-order valence-electron chi connectivity index (χ3n) is 2.41. The molecule has 0 bridgehead atoms. The van der Waals surface area contributed by atoms with E-state index in [4.69, 9.17) is 4.74 Å². The zero-order chi connectivity index (χ0) is 13.7. The molecule has 0 amide bonds. The first kappa shape index (κ1) is 14.3. The van der Waals surface area contributed by atoms with Crippen molar-refractivity contribution < 1.29 is 9.13 Å². The van der Waals surface area contributed by atoms with E-state index in [2.05, 4.69) is 37.2 Å². The van der Waals surface area contributed by atoms with Gasteiger partial charge in [0.15, 0.2) is 0 Å². The second-order valence-corrected chi connectivity index (χ2v) is 5.63. The lowest BCUT2D eigenvalue weighted by atomic mass is 10.3. The largest absolute Gasteiger partial charge is 0.492 e. The van der Waals surface area contributed by atoms with E-state index < -0.39 is 0 Å². The molecule has 0 aliphatic heterocycles. The number of hydrogen-bond acceptors (Lipinski definition) is 2. The molecule has 0 spiro atoms. The molecule has 0 aromatic heterocycles. The predicted molar refractivity (Wildman–Crippen MR) is 82.2 cm³/mol. The maximum atomic E-state index is 12.9. The summed E-state index contributed by atoms with van der Waals surface area (Å²) < 4.78 is 20.2. The van der Waals surface area contributed by atoms with Crippen LogP contribution in [0.2, 0.25) is 0 Å². The van der Waals surface area contributed by atoms with E-state index in [9.17, 15) is 4.39 Å². The molecule has 2 aromatic carbocycles. The fourth-order valence-electron chi connectivity index (χ4n) is 1.54. The third-order valence-corrected chi connectivity index (χ3v) is 3.56. The average Bonchev–Trinajstić information content (AvgIpc) is 2.37. The maximum Gasteiger partial charge on any atom is 0.124 e. The van der Waals surface area contributed by atoms with Gasteiger partial charge in [0.05, 0.1) is 0 Å². The van der Waals surface area contributed by atoms with Crippen LogP contribution >= 0.6 is 31.9 Å². The van der Waals surface area contributed by atoms with Crippen LogP contribution in [0, 0.1) is 5.82 Å². The van der Waals surface area contributed by atoms with Gasteiger partial charge in [0.25, 0.3) is 0 Å². The molecular formula is C14H12Br2FNO. The van der Waals surface area contributed by atoms with E-state index in [1.807, 2.05) is 24.3 Å². The van der Waals surface area contributed by atoms with E-state index in [1.165, 1.54) is 12.1 Å². The van der Waals surface area contributed by atoms with Crippen molar-refractivity contribution in [1.29, 1.82) is 0 Å². The first-order chi connectivity index (χ1) is 9.15. The molecule has 0 heterocycles. The normalized spacial score (nSPS) is 10.3. The number of ether oxygens (including phenoxy) is 1. The van der Waals surface area contributed by atoms with Gasteiger partial charge < -0.3 is 10.1 Å². The minimum Gasteiger partial charge on any atom is -0.492 e. The molecule has 2 rings (SSSR count). The molecule has 0 atom stereocenters. The Labute approximate surface area is 128 Å². The number of nitrogens with one attached hydrogen (secondary N) is 1. The Balaban J connectivity index is 1.81. The van der Waals surface area contributed by atoms with Crippen molar-refractivity contribution in [2.75, 3.05) is 18.5 Å². The second-order valence-electron chi connectivity index (χ2n) is 3.86. The van der Waals surface area contributed by atoms with Gasteiger partial charge in [0.2, 0.25) is 0 Å². The Morgan fingerprint density at radius 3 is 2.68 bits per heavy atom. The van der Waals surface area contributed by atoms with Crippen molar-refractivity contribution in [3.63, 3.8) is 0 Å². The van der Waals surface area contributed by atoms with Gasteiger partial charge in [0, 0.05) is 21.2 Å². The lowest BCUT2D eigenvalue weighted by Crippen LogP contribution is -2.11. The van der Waals surface area contributed by atoms with Crippen LogP contribution in [0.5, 0.6) is 5.75 Å². The molecular weight excluding hydrogens is 377 g/mol. The highest BCUT2D eigenvalue weighted by Gasteiger charge is 2.01. The molecule has 19 heavy (non-hydrogen) atoms. The molecule has 0 radical (unpaired) electrons. The van der Waals surface area contributed by atoms with Crippen LogP contribution in [0.1, 0.15) is 0 Å². The number of hydrogen-bond donors (Lipinski definition) is 1. The second kappa shape index (κ2) is 6.91. The highest BCUT2D eigenvalue weighted by molar-refractivity contribution is 9.10. The van der Waals surface area contributed by atoms with Gasteiger partial charge in [-0.2, -0.15) is 0 Å². The van der Waals surface area contributed by atoms with Crippen LogP contribution < -0.4 is 10.1 Å². The summed E-state index contributed by atoms with van der Waals surface area (Å²) >= 11 is 6.69. The Morgan fingerprint density at radius 1 is 1.11 bits per heavy atom. The molecule has 100 valence electrons. The Hall–Kier alpha value is -1.07. The summed E-state index contributed by atoms with van der Waals surface area (Å²) in [6.07, 6.45) is 0. The molecule has 2 nitrogen and oxygen atoms in total. The van der Waals surface area contributed by atoms with Crippen LogP contribution in [0.3, 0.4) is 0 Å². The number of rotatable bonds is 5. The molecule has 0 aliphatic carbocycles. The fraction of sp³-hybridized carbons (Fsp3) is 0.143. The topological polar surface area (TPSA) is 21.3 Å². The summed E-state index contributed by atoms with van der Waals surface area (Å²) in [7, 11) is 0. The van der Waals surface area contributed by atoms with Crippen molar-refractivity contribution >= 4 is 37.5 Å². The molecule has 0 fully saturated rings. The van der Waals surface area contributed by atoms with E-state index in [0.29, 0.717) is 17.6 Å². The van der Waals surface area contributed by atoms with E-state index in [0.717, 1.165) is 15.9 Å². The van der Waals surface area contributed by atoms with E-state index >= 15 is 0 Å². The zero-order valence-corrected chi connectivity index (χ0v) is 13.2. The maximum absolute atomic E-state index is 12.9. The lowest BCUT2D eigenvalue weighted by molar-refractivity contribution is 0.332. The molecule has 1 N–H and O–H groups in total. The van der Waals surface area contributed by atoms with Crippen LogP contribution in [0.4, 0.5) is 10.1 Å². The van der Waals surface area contributed by atoms with Crippen molar-refractivity contribution in [2.45, 2.75) is 0 Å². The quantitative estimate of drug-likeness (QED) is 0.740. The van der Waals surface area contributed by atoms with Gasteiger partial charge in [-0.15, -0.1) is 0 Å². The fourth-order valence-corrected chi connectivity index (χ4v) is 2.41. The minimum atomic E-state index is -0.261. The molecule has 0 saturated heterocycles. The van der Waals surface area contributed by atoms with Gasteiger partial charge in [-0.05, 0) is 52.3 Å². The van der Waals surface area contributed by atoms with Crippen molar-refractivity contribution in [1.82, 2.24) is 0 Å². The highest BCUT2D eigenvalue weighted by atomic mass is 79.9. The molecule has 5 heteroatoms. The number of benzene rings is 2. The molecule has 2 aromatic rings. The third kappa shape index (κ3) is 4.51. The van der Waals surface area contributed by atoms with E-state index in [1.54, 1.807) is 6.07 Å². The summed E-state index contributed by atoms with van der Waals surface area (Å²) in [6.45, 7) is 1.16. The summed E-state index contributed by atoms with van der Waals surface area (Å²) in [6, 6.07) is 12.2. The van der Waals surface area contributed by atoms with Crippen molar-refractivity contribution in [2.24, 2.45) is 0 Å². The monoisotopic (exact) mass is 387 g/mol. The van der Waals surface area contributed by atoms with Gasteiger partial charge in [0.1, 0.15) is 18.2 Å². The summed E-state index contributed by atoms with van der Waals surface area (Å²) in [5.74, 6) is 0.553. The Bertz CT molecular complexity index is 563. The van der Waals surface area contributed by atoms with Gasteiger partial charge >= 0.3 is 0 Å². The van der Waals surface area contributed by atoms with Gasteiger partial charge in [-0.1, -0.05) is 22.0 Å². The minimum absolute atomic E-state index is 0.261. The van der Waals surface area contributed by atoms with Gasteiger partial charge in [-0.25, -0.2) is 4.39 Å². The molecule has 0 unspecified atom stereocenters. The smallest absolute Gasteiger partial charge is 0.124 e. The Kier molecular flexibility index (Phi) is 5.22. The average molecular weight is 389 g/mol. The van der Waals surface area contributed by atoms with Crippen molar-refractivity contribution in [3.8, 4) is 5.75 Å². The van der Waals surface area contributed by atoms with Crippen LogP contribution in [0.25, 0.3) is 0 Å². The number of halogens is 3. The summed E-state index contributed by atoms with van der Waals surface area (Å²) in [5, 5.41) is 3.17. The van der Waals surface area contributed by atoms with Gasteiger partial charge in [-0.3, -0.25) is 0 Å².